The van der Waals surface area contributed by atoms with Gasteiger partial charge in [-0.05, 0) is 46.1 Å². The molecule has 1 aliphatic heterocycles. The summed E-state index contributed by atoms with van der Waals surface area (Å²) in [6.07, 6.45) is 0.727. The van der Waals surface area contributed by atoms with E-state index in [0.29, 0.717) is 23.5 Å². The van der Waals surface area contributed by atoms with E-state index >= 15 is 0 Å². The van der Waals surface area contributed by atoms with Crippen LogP contribution in [-0.2, 0) is 11.8 Å². The fourth-order valence-electron chi connectivity index (χ4n) is 4.09. The molecule has 0 spiro atoms. The Morgan fingerprint density at radius 3 is 2.64 bits per heavy atom. The number of benzene rings is 2. The minimum Gasteiger partial charge on any atom is -0.481 e. The highest BCUT2D eigenvalue weighted by atomic mass is 79.9. The molecule has 4 rings (SSSR count). The predicted molar refractivity (Wildman–Crippen MR) is 109 cm³/mol. The molecule has 0 saturated carbocycles. The fourth-order valence-corrected chi connectivity index (χ4v) is 4.54. The van der Waals surface area contributed by atoms with Crippen LogP contribution in [0.4, 0.5) is 0 Å². The summed E-state index contributed by atoms with van der Waals surface area (Å²) in [5, 5.41) is 10.1. The van der Waals surface area contributed by atoms with Crippen molar-refractivity contribution in [1.29, 1.82) is 0 Å². The van der Waals surface area contributed by atoms with Crippen LogP contribution in [0.1, 0.15) is 47.1 Å². The van der Waals surface area contributed by atoms with E-state index in [4.69, 9.17) is 4.98 Å². The number of carbonyl (C=O) groups is 2. The lowest BCUT2D eigenvalue weighted by Crippen LogP contribution is -2.46. The van der Waals surface area contributed by atoms with Gasteiger partial charge in [0, 0.05) is 23.6 Å². The molecule has 2 aromatic carbocycles. The van der Waals surface area contributed by atoms with Crippen molar-refractivity contribution in [1.82, 2.24) is 14.5 Å². The second-order valence-corrected chi connectivity index (χ2v) is 7.84. The van der Waals surface area contributed by atoms with Crippen molar-refractivity contribution in [2.24, 2.45) is 7.05 Å². The number of carboxylic acids is 1. The summed E-state index contributed by atoms with van der Waals surface area (Å²) in [7, 11) is 1.87. The lowest BCUT2D eigenvalue weighted by molar-refractivity contribution is -0.140. The molecular weight excluding hydrogens is 422 g/mol. The summed E-state index contributed by atoms with van der Waals surface area (Å²) in [5.74, 6) is -1.41. The van der Waals surface area contributed by atoms with Crippen LogP contribution >= 0.6 is 15.9 Å². The molecule has 3 aromatic rings. The zero-order valence-electron chi connectivity index (χ0n) is 15.6. The van der Waals surface area contributed by atoms with Gasteiger partial charge in [-0.15, -0.1) is 0 Å². The van der Waals surface area contributed by atoms with Gasteiger partial charge < -0.3 is 14.6 Å². The standard InChI is InChI=1S/C21H20BrN3O3/c1-3-11-25-18(19-23-17-14(22)9-6-10-15(17)24(19)2)16(21(27)28)12-7-4-5-8-13(12)20(25)26/h4-10,16,18H,3,11H2,1-2H3,(H,27,28). The number of carboxylic acid groups (broad SMARTS) is 1. The molecular formula is C21H20BrN3O3. The van der Waals surface area contributed by atoms with Gasteiger partial charge in [-0.2, -0.15) is 0 Å². The zero-order chi connectivity index (χ0) is 20.0. The molecule has 1 N–H and O–H groups in total. The Labute approximate surface area is 170 Å². The topological polar surface area (TPSA) is 75.4 Å². The molecule has 2 heterocycles. The molecule has 0 radical (unpaired) electrons. The van der Waals surface area contributed by atoms with E-state index in [1.165, 1.54) is 0 Å². The quantitative estimate of drug-likeness (QED) is 0.660. The van der Waals surface area contributed by atoms with Crippen LogP contribution in [0.2, 0.25) is 0 Å². The molecule has 2 atom stereocenters. The SMILES string of the molecule is CCCN1C(=O)c2ccccc2C(C(=O)O)C1c1nc2c(Br)cccc2n1C. The lowest BCUT2D eigenvalue weighted by atomic mass is 9.82. The largest absolute Gasteiger partial charge is 0.481 e. The van der Waals surface area contributed by atoms with E-state index in [2.05, 4.69) is 15.9 Å². The maximum Gasteiger partial charge on any atom is 0.313 e. The number of aliphatic carboxylic acids is 1. The Hall–Kier alpha value is -2.67. The van der Waals surface area contributed by atoms with Crippen molar-refractivity contribution in [2.45, 2.75) is 25.3 Å². The van der Waals surface area contributed by atoms with Gasteiger partial charge in [-0.25, -0.2) is 4.98 Å². The number of imidazole rings is 1. The van der Waals surface area contributed by atoms with E-state index in [0.717, 1.165) is 21.9 Å². The number of fused-ring (bicyclic) bond motifs is 2. The predicted octanol–water partition coefficient (Wildman–Crippen LogP) is 4.11. The van der Waals surface area contributed by atoms with Crippen molar-refractivity contribution in [2.75, 3.05) is 6.54 Å². The van der Waals surface area contributed by atoms with E-state index in [1.54, 1.807) is 29.2 Å². The van der Waals surface area contributed by atoms with Gasteiger partial charge in [0.1, 0.15) is 23.3 Å². The Morgan fingerprint density at radius 1 is 1.21 bits per heavy atom. The number of carbonyl (C=O) groups excluding carboxylic acids is 1. The summed E-state index contributed by atoms with van der Waals surface area (Å²) in [5.41, 5.74) is 2.64. The minimum absolute atomic E-state index is 0.147. The molecule has 0 bridgehead atoms. The molecule has 28 heavy (non-hydrogen) atoms. The first-order valence-electron chi connectivity index (χ1n) is 9.19. The highest BCUT2D eigenvalue weighted by molar-refractivity contribution is 9.10. The molecule has 0 aliphatic carbocycles. The number of para-hydroxylation sites is 1. The molecule has 144 valence electrons. The summed E-state index contributed by atoms with van der Waals surface area (Å²) >= 11 is 3.52. The number of hydrogen-bond donors (Lipinski definition) is 1. The number of hydrogen-bond acceptors (Lipinski definition) is 3. The average Bonchev–Trinajstić information content (AvgIpc) is 3.01. The van der Waals surface area contributed by atoms with Gasteiger partial charge >= 0.3 is 5.97 Å². The summed E-state index contributed by atoms with van der Waals surface area (Å²) in [4.78, 5) is 32.0. The van der Waals surface area contributed by atoms with Gasteiger partial charge in [0.05, 0.1) is 5.52 Å². The van der Waals surface area contributed by atoms with Crippen molar-refractivity contribution in [3.63, 3.8) is 0 Å². The highest BCUT2D eigenvalue weighted by Gasteiger charge is 2.46. The van der Waals surface area contributed by atoms with Crippen LogP contribution in [0.15, 0.2) is 46.9 Å². The van der Waals surface area contributed by atoms with Gasteiger partial charge in [0.15, 0.2) is 0 Å². The number of amides is 1. The first-order valence-corrected chi connectivity index (χ1v) is 9.98. The molecule has 1 amide bonds. The molecule has 2 unspecified atom stereocenters. The number of aromatic nitrogens is 2. The Morgan fingerprint density at radius 2 is 1.96 bits per heavy atom. The van der Waals surface area contributed by atoms with E-state index in [-0.39, 0.29) is 5.91 Å². The van der Waals surface area contributed by atoms with Gasteiger partial charge in [0.25, 0.3) is 5.91 Å². The second kappa shape index (κ2) is 7.05. The molecule has 1 aliphatic rings. The monoisotopic (exact) mass is 441 g/mol. The summed E-state index contributed by atoms with van der Waals surface area (Å²) in [6.45, 7) is 2.44. The van der Waals surface area contributed by atoms with Crippen LogP contribution in [-0.4, -0.2) is 38.0 Å². The third kappa shape index (κ3) is 2.73. The number of rotatable bonds is 4. The number of nitrogens with zero attached hydrogens (tertiary/aromatic N) is 3. The van der Waals surface area contributed by atoms with Crippen LogP contribution in [0.5, 0.6) is 0 Å². The fraction of sp³-hybridized carbons (Fsp3) is 0.286. The molecule has 1 aromatic heterocycles. The van der Waals surface area contributed by atoms with Crippen LogP contribution in [0, 0.1) is 0 Å². The Balaban J connectivity index is 1.99. The third-order valence-electron chi connectivity index (χ3n) is 5.33. The van der Waals surface area contributed by atoms with Crippen molar-refractivity contribution in [3.05, 3.63) is 63.9 Å². The van der Waals surface area contributed by atoms with Gasteiger partial charge in [0.2, 0.25) is 0 Å². The average molecular weight is 442 g/mol. The molecule has 6 nitrogen and oxygen atoms in total. The molecule has 0 saturated heterocycles. The Kier molecular flexibility index (Phi) is 4.71. The minimum atomic E-state index is -0.961. The summed E-state index contributed by atoms with van der Waals surface area (Å²) < 4.78 is 2.73. The highest BCUT2D eigenvalue weighted by Crippen LogP contribution is 2.43. The Bertz CT molecular complexity index is 1090. The lowest BCUT2D eigenvalue weighted by Gasteiger charge is -2.40. The third-order valence-corrected chi connectivity index (χ3v) is 5.97. The van der Waals surface area contributed by atoms with Gasteiger partial charge in [-0.3, -0.25) is 9.59 Å². The number of aryl methyl sites for hydroxylation is 1. The van der Waals surface area contributed by atoms with E-state index < -0.39 is 17.9 Å². The van der Waals surface area contributed by atoms with E-state index in [9.17, 15) is 14.7 Å². The normalized spacial score (nSPS) is 19.1. The van der Waals surface area contributed by atoms with Crippen LogP contribution < -0.4 is 0 Å². The molecule has 0 fully saturated rings. The van der Waals surface area contributed by atoms with Crippen molar-refractivity contribution < 1.29 is 14.7 Å². The zero-order valence-corrected chi connectivity index (χ0v) is 17.2. The number of halogens is 1. The van der Waals surface area contributed by atoms with Crippen molar-refractivity contribution in [3.8, 4) is 0 Å². The van der Waals surface area contributed by atoms with Crippen LogP contribution in [0.3, 0.4) is 0 Å². The maximum absolute atomic E-state index is 13.2. The van der Waals surface area contributed by atoms with Crippen molar-refractivity contribution >= 4 is 38.8 Å². The smallest absolute Gasteiger partial charge is 0.313 e. The summed E-state index contributed by atoms with van der Waals surface area (Å²) in [6, 6.07) is 12.1. The van der Waals surface area contributed by atoms with Gasteiger partial charge in [-0.1, -0.05) is 31.2 Å². The maximum atomic E-state index is 13.2. The first-order chi connectivity index (χ1) is 13.5. The van der Waals surface area contributed by atoms with E-state index in [1.807, 2.05) is 36.7 Å². The first kappa shape index (κ1) is 18.7. The van der Waals surface area contributed by atoms with Crippen LogP contribution in [0.25, 0.3) is 11.0 Å². The second-order valence-electron chi connectivity index (χ2n) is 6.98. The molecule has 7 heteroatoms.